The van der Waals surface area contributed by atoms with Gasteiger partial charge in [0.25, 0.3) is 5.91 Å². The monoisotopic (exact) mass is 437 g/mol. The van der Waals surface area contributed by atoms with Crippen LogP contribution < -0.4 is 4.90 Å². The van der Waals surface area contributed by atoms with Crippen molar-refractivity contribution in [1.82, 2.24) is 19.8 Å². The van der Waals surface area contributed by atoms with Gasteiger partial charge in [-0.15, -0.1) is 0 Å². The Bertz CT molecular complexity index is 1110. The summed E-state index contributed by atoms with van der Waals surface area (Å²) in [6, 6.07) is 9.26. The van der Waals surface area contributed by atoms with Crippen molar-refractivity contribution in [3.8, 4) is 0 Å². The molecular formula is C23H27N5O4. The second kappa shape index (κ2) is 8.23. The SMILES string of the molecule is COC(CN1C(=O)N(c2cnn(Cc3c(C)noc3C)c2)C(=O)C1(C)C)c1ccccc1. The van der Waals surface area contributed by atoms with Crippen molar-refractivity contribution >= 4 is 17.6 Å². The second-order valence-electron chi connectivity index (χ2n) is 8.43. The molecule has 9 nitrogen and oxygen atoms in total. The fraction of sp³-hybridized carbons (Fsp3) is 0.391. The third-order valence-electron chi connectivity index (χ3n) is 6.01. The van der Waals surface area contributed by atoms with Crippen molar-refractivity contribution in [2.45, 2.75) is 45.9 Å². The quantitative estimate of drug-likeness (QED) is 0.526. The number of aryl methyl sites for hydroxylation is 2. The van der Waals surface area contributed by atoms with E-state index >= 15 is 0 Å². The van der Waals surface area contributed by atoms with Crippen molar-refractivity contribution < 1.29 is 18.8 Å². The van der Waals surface area contributed by atoms with Gasteiger partial charge in [0.05, 0.1) is 36.8 Å². The van der Waals surface area contributed by atoms with Crippen LogP contribution in [0.15, 0.2) is 47.2 Å². The number of rotatable bonds is 7. The van der Waals surface area contributed by atoms with Gasteiger partial charge in [0.2, 0.25) is 0 Å². The largest absolute Gasteiger partial charge is 0.375 e. The minimum Gasteiger partial charge on any atom is -0.375 e. The molecule has 2 aromatic heterocycles. The Balaban J connectivity index is 1.58. The highest BCUT2D eigenvalue weighted by atomic mass is 16.5. The maximum absolute atomic E-state index is 13.4. The van der Waals surface area contributed by atoms with E-state index in [-0.39, 0.29) is 18.6 Å². The maximum Gasteiger partial charge on any atom is 0.332 e. The number of amides is 3. The number of ether oxygens (including phenoxy) is 1. The van der Waals surface area contributed by atoms with Crippen LogP contribution in [-0.2, 0) is 16.1 Å². The molecule has 0 bridgehead atoms. The highest BCUT2D eigenvalue weighted by molar-refractivity contribution is 6.22. The zero-order valence-corrected chi connectivity index (χ0v) is 18.9. The Morgan fingerprint density at radius 3 is 2.50 bits per heavy atom. The molecule has 4 rings (SSSR count). The molecule has 9 heteroatoms. The number of hydrogen-bond donors (Lipinski definition) is 0. The molecular weight excluding hydrogens is 410 g/mol. The first-order valence-electron chi connectivity index (χ1n) is 10.4. The molecule has 1 saturated heterocycles. The number of imide groups is 1. The van der Waals surface area contributed by atoms with Crippen molar-refractivity contribution in [1.29, 1.82) is 0 Å². The normalized spacial score (nSPS) is 16.8. The average Bonchev–Trinajstić information content (AvgIpc) is 3.40. The van der Waals surface area contributed by atoms with Crippen LogP contribution in [0.1, 0.15) is 42.5 Å². The number of carbonyl (C=O) groups excluding carboxylic acids is 2. The van der Waals surface area contributed by atoms with E-state index in [4.69, 9.17) is 9.26 Å². The minimum atomic E-state index is -1.02. The van der Waals surface area contributed by atoms with E-state index in [0.29, 0.717) is 18.0 Å². The molecule has 1 aromatic carbocycles. The Hall–Kier alpha value is -3.46. The number of methoxy groups -OCH3 is 1. The number of hydrogen-bond acceptors (Lipinski definition) is 6. The average molecular weight is 438 g/mol. The molecule has 3 amide bonds. The number of anilines is 1. The molecule has 1 atom stereocenters. The summed E-state index contributed by atoms with van der Waals surface area (Å²) in [6.45, 7) is 7.89. The van der Waals surface area contributed by atoms with Gasteiger partial charge in [-0.25, -0.2) is 9.69 Å². The third-order valence-corrected chi connectivity index (χ3v) is 6.01. The minimum absolute atomic E-state index is 0.252. The topological polar surface area (TPSA) is 93.7 Å². The molecule has 0 spiro atoms. The molecule has 32 heavy (non-hydrogen) atoms. The molecule has 1 fully saturated rings. The number of nitrogens with zero attached hydrogens (tertiary/aromatic N) is 5. The molecule has 3 heterocycles. The lowest BCUT2D eigenvalue weighted by Crippen LogP contribution is -2.46. The third kappa shape index (κ3) is 3.69. The van der Waals surface area contributed by atoms with Crippen molar-refractivity contribution in [2.24, 2.45) is 0 Å². The molecule has 1 unspecified atom stereocenters. The first kappa shape index (κ1) is 21.8. The second-order valence-corrected chi connectivity index (χ2v) is 8.43. The summed E-state index contributed by atoms with van der Waals surface area (Å²) in [4.78, 5) is 29.4. The molecule has 168 valence electrons. The van der Waals surface area contributed by atoms with Gasteiger partial charge < -0.3 is 14.2 Å². The van der Waals surface area contributed by atoms with Crippen LogP contribution in [0.3, 0.4) is 0 Å². The number of aromatic nitrogens is 3. The molecule has 1 aliphatic rings. The Kier molecular flexibility index (Phi) is 5.60. The van der Waals surface area contributed by atoms with Gasteiger partial charge in [0.1, 0.15) is 11.3 Å². The number of benzene rings is 1. The van der Waals surface area contributed by atoms with E-state index in [9.17, 15) is 9.59 Å². The fourth-order valence-electron chi connectivity index (χ4n) is 3.96. The summed E-state index contributed by atoms with van der Waals surface area (Å²) in [5.74, 6) is 0.411. The van der Waals surface area contributed by atoms with Crippen LogP contribution in [0.25, 0.3) is 0 Å². The van der Waals surface area contributed by atoms with Crippen LogP contribution in [0.4, 0.5) is 10.5 Å². The summed E-state index contributed by atoms with van der Waals surface area (Å²) in [5.41, 5.74) is 2.05. The molecule has 3 aromatic rings. The first-order chi connectivity index (χ1) is 15.2. The van der Waals surface area contributed by atoms with Crippen molar-refractivity contribution in [2.75, 3.05) is 18.6 Å². The van der Waals surface area contributed by atoms with E-state index in [0.717, 1.165) is 16.8 Å². The highest BCUT2D eigenvalue weighted by Gasteiger charge is 2.52. The first-order valence-corrected chi connectivity index (χ1v) is 10.4. The molecule has 0 saturated carbocycles. The molecule has 0 N–H and O–H groups in total. The Morgan fingerprint density at radius 1 is 1.16 bits per heavy atom. The van der Waals surface area contributed by atoms with Crippen LogP contribution in [-0.4, -0.2) is 51.0 Å². The Labute approximate surface area is 186 Å². The van der Waals surface area contributed by atoms with E-state index in [2.05, 4.69) is 10.3 Å². The van der Waals surface area contributed by atoms with Crippen LogP contribution in [0.2, 0.25) is 0 Å². The standard InChI is InChI=1S/C23H27N5O4/c1-15-19(16(2)32-25-15)13-26-12-18(11-24-26)28-21(29)23(3,4)27(22(28)30)14-20(31-5)17-9-7-6-8-10-17/h6-12,20H,13-14H2,1-5H3. The zero-order valence-electron chi connectivity index (χ0n) is 18.9. The summed E-state index contributed by atoms with van der Waals surface area (Å²) in [6.07, 6.45) is 2.86. The fourth-order valence-corrected chi connectivity index (χ4v) is 3.96. The van der Waals surface area contributed by atoms with E-state index in [1.54, 1.807) is 36.7 Å². The number of urea groups is 1. The van der Waals surface area contributed by atoms with Gasteiger partial charge in [-0.3, -0.25) is 9.48 Å². The summed E-state index contributed by atoms with van der Waals surface area (Å²) >= 11 is 0. The summed E-state index contributed by atoms with van der Waals surface area (Å²) in [7, 11) is 1.60. The van der Waals surface area contributed by atoms with E-state index in [1.807, 2.05) is 44.2 Å². The van der Waals surface area contributed by atoms with Gasteiger partial charge in [0.15, 0.2) is 0 Å². The lowest BCUT2D eigenvalue weighted by Gasteiger charge is -2.31. The molecule has 0 radical (unpaired) electrons. The molecule has 1 aliphatic heterocycles. The zero-order chi connectivity index (χ0) is 23.0. The van der Waals surface area contributed by atoms with Crippen LogP contribution >= 0.6 is 0 Å². The van der Waals surface area contributed by atoms with Crippen LogP contribution in [0, 0.1) is 13.8 Å². The predicted molar refractivity (Wildman–Crippen MR) is 117 cm³/mol. The van der Waals surface area contributed by atoms with E-state index in [1.165, 1.54) is 11.1 Å². The molecule has 0 aliphatic carbocycles. The van der Waals surface area contributed by atoms with Gasteiger partial charge >= 0.3 is 6.03 Å². The van der Waals surface area contributed by atoms with Gasteiger partial charge in [0, 0.05) is 18.9 Å². The summed E-state index contributed by atoms with van der Waals surface area (Å²) < 4.78 is 12.5. The smallest absolute Gasteiger partial charge is 0.332 e. The lowest BCUT2D eigenvalue weighted by atomic mass is 10.0. The van der Waals surface area contributed by atoms with Gasteiger partial charge in [-0.2, -0.15) is 5.10 Å². The Morgan fingerprint density at radius 2 is 1.88 bits per heavy atom. The highest BCUT2D eigenvalue weighted by Crippen LogP contribution is 2.34. The van der Waals surface area contributed by atoms with E-state index < -0.39 is 11.6 Å². The number of carbonyl (C=O) groups is 2. The van der Waals surface area contributed by atoms with Crippen molar-refractivity contribution in [3.05, 3.63) is 65.3 Å². The van der Waals surface area contributed by atoms with Gasteiger partial charge in [-0.05, 0) is 33.3 Å². The van der Waals surface area contributed by atoms with Crippen molar-refractivity contribution in [3.63, 3.8) is 0 Å². The van der Waals surface area contributed by atoms with Crippen LogP contribution in [0.5, 0.6) is 0 Å². The lowest BCUT2D eigenvalue weighted by molar-refractivity contribution is -0.123. The maximum atomic E-state index is 13.4. The summed E-state index contributed by atoms with van der Waals surface area (Å²) in [5, 5.41) is 8.30. The predicted octanol–water partition coefficient (Wildman–Crippen LogP) is 3.47. The van der Waals surface area contributed by atoms with Gasteiger partial charge in [-0.1, -0.05) is 35.5 Å².